The minimum absolute atomic E-state index is 0.370. The number of hydrogen-bond acceptors (Lipinski definition) is 4. The quantitative estimate of drug-likeness (QED) is 0.708. The maximum atomic E-state index is 10.9. The van der Waals surface area contributed by atoms with Gasteiger partial charge in [-0.3, -0.25) is 4.55 Å². The molecular weight excluding hydrogens is 292 g/mol. The van der Waals surface area contributed by atoms with E-state index in [4.69, 9.17) is 13.5 Å². The van der Waals surface area contributed by atoms with Crippen LogP contribution < -0.4 is 0 Å². The number of benzene rings is 1. The van der Waals surface area contributed by atoms with E-state index >= 15 is 0 Å². The molecule has 0 saturated heterocycles. The third kappa shape index (κ3) is 8.16. The van der Waals surface area contributed by atoms with Gasteiger partial charge in [-0.25, -0.2) is 4.18 Å². The van der Waals surface area contributed by atoms with E-state index < -0.39 is 22.6 Å². The van der Waals surface area contributed by atoms with E-state index in [1.165, 1.54) is 0 Å². The lowest BCUT2D eigenvalue weighted by Crippen LogP contribution is -2.31. The largest absolute Gasteiger partial charge is 0.397 e. The Labute approximate surface area is 127 Å². The molecule has 5 nitrogen and oxygen atoms in total. The average molecular weight is 316 g/mol. The minimum atomic E-state index is -4.48. The van der Waals surface area contributed by atoms with Crippen LogP contribution in [0.3, 0.4) is 0 Å². The molecule has 2 unspecified atom stereocenters. The molecule has 0 saturated carbocycles. The highest BCUT2D eigenvalue weighted by Crippen LogP contribution is 2.17. The van der Waals surface area contributed by atoms with Crippen molar-refractivity contribution in [3.63, 3.8) is 0 Å². The fraction of sp³-hybridized carbons (Fsp3) is 0.600. The molecule has 21 heavy (non-hydrogen) atoms. The van der Waals surface area contributed by atoms with Crippen LogP contribution in [0.15, 0.2) is 30.3 Å². The van der Waals surface area contributed by atoms with Crippen molar-refractivity contribution in [3.8, 4) is 0 Å². The third-order valence-electron chi connectivity index (χ3n) is 3.15. The molecule has 1 aromatic carbocycles. The van der Waals surface area contributed by atoms with Gasteiger partial charge in [-0.15, -0.1) is 0 Å². The summed E-state index contributed by atoms with van der Waals surface area (Å²) in [4.78, 5) is 0. The lowest BCUT2D eigenvalue weighted by atomic mass is 10.0. The van der Waals surface area contributed by atoms with Gasteiger partial charge in [0.15, 0.2) is 0 Å². The van der Waals surface area contributed by atoms with E-state index in [1.807, 2.05) is 44.2 Å². The zero-order valence-corrected chi connectivity index (χ0v) is 13.5. The molecule has 1 N–H and O–H groups in total. The van der Waals surface area contributed by atoms with Gasteiger partial charge in [0.2, 0.25) is 0 Å². The summed E-state index contributed by atoms with van der Waals surface area (Å²) in [6.45, 7) is 6.20. The van der Waals surface area contributed by atoms with Gasteiger partial charge in [0, 0.05) is 0 Å². The van der Waals surface area contributed by atoms with Gasteiger partial charge in [-0.05, 0) is 31.2 Å². The highest BCUT2D eigenvalue weighted by atomic mass is 32.3. The summed E-state index contributed by atoms with van der Waals surface area (Å²) in [5.74, 6) is 0.416. The van der Waals surface area contributed by atoms with Crippen LogP contribution in [0.2, 0.25) is 0 Å². The third-order valence-corrected chi connectivity index (χ3v) is 3.64. The predicted molar refractivity (Wildman–Crippen MR) is 81.2 cm³/mol. The first kappa shape index (κ1) is 18.1. The van der Waals surface area contributed by atoms with Crippen molar-refractivity contribution in [3.05, 3.63) is 35.9 Å². The summed E-state index contributed by atoms with van der Waals surface area (Å²) in [5.41, 5.74) is 0.999. The molecule has 0 radical (unpaired) electrons. The molecule has 0 aliphatic rings. The molecule has 1 aromatic rings. The van der Waals surface area contributed by atoms with Gasteiger partial charge in [0.25, 0.3) is 0 Å². The molecule has 0 aromatic heterocycles. The minimum Gasteiger partial charge on any atom is -0.371 e. The predicted octanol–water partition coefficient (Wildman–Crippen LogP) is 3.22. The van der Waals surface area contributed by atoms with Crippen LogP contribution >= 0.6 is 0 Å². The van der Waals surface area contributed by atoms with Crippen LogP contribution in [0.4, 0.5) is 0 Å². The Kier molecular flexibility index (Phi) is 7.31. The van der Waals surface area contributed by atoms with Gasteiger partial charge in [-0.1, -0.05) is 44.2 Å². The standard InChI is InChI=1S/C15H24O5S/c1-12(2)9-10-15(20-21(16,17)18)13(3)19-11-14-7-5-4-6-8-14/h4-8,12-13,15H,9-11H2,1-3H3,(H,16,17,18). The Morgan fingerprint density at radius 3 is 2.24 bits per heavy atom. The molecule has 0 bridgehead atoms. The Bertz CT molecular complexity index is 498. The van der Waals surface area contributed by atoms with Gasteiger partial charge in [0.05, 0.1) is 12.7 Å². The Morgan fingerprint density at radius 2 is 1.71 bits per heavy atom. The first-order valence-electron chi connectivity index (χ1n) is 7.09. The van der Waals surface area contributed by atoms with Crippen molar-refractivity contribution in [1.29, 1.82) is 0 Å². The summed E-state index contributed by atoms with van der Waals surface area (Å²) < 4.78 is 41.2. The average Bonchev–Trinajstić information content (AvgIpc) is 2.40. The van der Waals surface area contributed by atoms with E-state index in [-0.39, 0.29) is 0 Å². The van der Waals surface area contributed by atoms with Crippen LogP contribution in [0.25, 0.3) is 0 Å². The summed E-state index contributed by atoms with van der Waals surface area (Å²) in [5, 5.41) is 0. The maximum absolute atomic E-state index is 10.9. The van der Waals surface area contributed by atoms with Crippen LogP contribution in [0.5, 0.6) is 0 Å². The van der Waals surface area contributed by atoms with Crippen LogP contribution in [-0.2, 0) is 25.9 Å². The molecule has 0 amide bonds. The van der Waals surface area contributed by atoms with Crippen molar-refractivity contribution in [2.75, 3.05) is 0 Å². The summed E-state index contributed by atoms with van der Waals surface area (Å²) in [7, 11) is -4.48. The normalized spacial score (nSPS) is 15.1. The fourth-order valence-electron chi connectivity index (χ4n) is 1.92. The maximum Gasteiger partial charge on any atom is 0.397 e. The lowest BCUT2D eigenvalue weighted by Gasteiger charge is -2.23. The highest BCUT2D eigenvalue weighted by molar-refractivity contribution is 7.80. The van der Waals surface area contributed by atoms with E-state index in [9.17, 15) is 8.42 Å². The lowest BCUT2D eigenvalue weighted by molar-refractivity contribution is -0.0296. The first-order chi connectivity index (χ1) is 9.78. The summed E-state index contributed by atoms with van der Waals surface area (Å²) in [6.07, 6.45) is 0.170. The molecule has 120 valence electrons. The SMILES string of the molecule is CC(C)CCC(OS(=O)(=O)O)C(C)OCc1ccccc1. The van der Waals surface area contributed by atoms with Crippen molar-refractivity contribution < 1.29 is 21.9 Å². The first-order valence-corrected chi connectivity index (χ1v) is 8.45. The van der Waals surface area contributed by atoms with Gasteiger partial charge in [-0.2, -0.15) is 8.42 Å². The highest BCUT2D eigenvalue weighted by Gasteiger charge is 2.24. The van der Waals surface area contributed by atoms with Crippen molar-refractivity contribution in [2.45, 2.75) is 52.4 Å². The Balaban J connectivity index is 2.59. The van der Waals surface area contributed by atoms with Gasteiger partial charge < -0.3 is 4.74 Å². The second-order valence-corrected chi connectivity index (χ2v) is 6.58. The van der Waals surface area contributed by atoms with E-state index in [0.717, 1.165) is 12.0 Å². The Morgan fingerprint density at radius 1 is 1.10 bits per heavy atom. The van der Waals surface area contributed by atoms with E-state index in [0.29, 0.717) is 18.9 Å². The molecule has 0 fully saturated rings. The zero-order chi connectivity index (χ0) is 15.9. The number of hydrogen-bond donors (Lipinski definition) is 1. The molecule has 0 spiro atoms. The van der Waals surface area contributed by atoms with Crippen molar-refractivity contribution in [1.82, 2.24) is 0 Å². The molecule has 0 aliphatic heterocycles. The second-order valence-electron chi connectivity index (χ2n) is 5.54. The zero-order valence-electron chi connectivity index (χ0n) is 12.7. The van der Waals surface area contributed by atoms with E-state index in [2.05, 4.69) is 0 Å². The molecule has 6 heteroatoms. The van der Waals surface area contributed by atoms with Crippen LogP contribution in [0, 0.1) is 5.92 Å². The molecule has 1 rings (SSSR count). The monoisotopic (exact) mass is 316 g/mol. The smallest absolute Gasteiger partial charge is 0.371 e. The molecular formula is C15H24O5S. The van der Waals surface area contributed by atoms with Crippen molar-refractivity contribution >= 4 is 10.4 Å². The van der Waals surface area contributed by atoms with Gasteiger partial charge >= 0.3 is 10.4 Å². The topological polar surface area (TPSA) is 72.8 Å². The van der Waals surface area contributed by atoms with Crippen LogP contribution in [-0.4, -0.2) is 25.2 Å². The summed E-state index contributed by atoms with van der Waals surface area (Å²) >= 11 is 0. The molecule has 2 atom stereocenters. The second kappa shape index (κ2) is 8.48. The molecule has 0 aliphatic carbocycles. The van der Waals surface area contributed by atoms with Gasteiger partial charge in [0.1, 0.15) is 6.10 Å². The molecule has 0 heterocycles. The van der Waals surface area contributed by atoms with Crippen LogP contribution in [0.1, 0.15) is 39.2 Å². The number of ether oxygens (including phenoxy) is 1. The fourth-order valence-corrected chi connectivity index (χ4v) is 2.49. The van der Waals surface area contributed by atoms with Crippen molar-refractivity contribution in [2.24, 2.45) is 5.92 Å². The number of rotatable bonds is 9. The van der Waals surface area contributed by atoms with E-state index in [1.54, 1.807) is 6.92 Å². The Hall–Kier alpha value is -0.950. The summed E-state index contributed by atoms with van der Waals surface area (Å²) in [6, 6.07) is 9.60.